The maximum absolute atomic E-state index is 13.0. The van der Waals surface area contributed by atoms with E-state index in [0.29, 0.717) is 24.4 Å². The Morgan fingerprint density at radius 3 is 2.65 bits per heavy atom. The molecular formula is C24H21N5O2. The molecule has 5 rings (SSSR count). The van der Waals surface area contributed by atoms with Crippen LogP contribution in [0.2, 0.25) is 0 Å². The number of hydrogen-bond donors (Lipinski definition) is 1. The van der Waals surface area contributed by atoms with Crippen LogP contribution in [0, 0.1) is 6.92 Å². The lowest BCUT2D eigenvalue weighted by atomic mass is 9.93. The first-order valence-electron chi connectivity index (χ1n) is 10.1. The summed E-state index contributed by atoms with van der Waals surface area (Å²) in [5, 5.41) is 11.9. The van der Waals surface area contributed by atoms with E-state index < -0.39 is 0 Å². The number of aromatic nitrogens is 4. The molecule has 3 heterocycles. The monoisotopic (exact) mass is 411 g/mol. The number of nitrogens with one attached hydrogen (secondary N) is 1. The van der Waals surface area contributed by atoms with Crippen molar-refractivity contribution in [1.29, 1.82) is 0 Å². The van der Waals surface area contributed by atoms with Crippen LogP contribution in [0.5, 0.6) is 5.75 Å². The van der Waals surface area contributed by atoms with Gasteiger partial charge in [0.2, 0.25) is 0 Å². The summed E-state index contributed by atoms with van der Waals surface area (Å²) in [6.45, 7) is 2.19. The van der Waals surface area contributed by atoms with Gasteiger partial charge in [-0.2, -0.15) is 9.90 Å². The van der Waals surface area contributed by atoms with E-state index in [9.17, 15) is 4.79 Å². The van der Waals surface area contributed by atoms with Crippen LogP contribution in [0.4, 0.5) is 0 Å². The van der Waals surface area contributed by atoms with Gasteiger partial charge in [0.25, 0.3) is 5.91 Å². The van der Waals surface area contributed by atoms with E-state index in [2.05, 4.69) is 26.6 Å². The zero-order chi connectivity index (χ0) is 21.2. The third kappa shape index (κ3) is 3.77. The number of nitrogens with zero attached hydrogens (tertiary/aromatic N) is 4. The molecule has 0 saturated carbocycles. The highest BCUT2D eigenvalue weighted by Crippen LogP contribution is 2.34. The molecule has 7 heteroatoms. The predicted molar refractivity (Wildman–Crippen MR) is 116 cm³/mol. The first-order chi connectivity index (χ1) is 15.2. The second kappa shape index (κ2) is 8.02. The number of carbonyl (C=O) groups is 1. The van der Waals surface area contributed by atoms with E-state index in [-0.39, 0.29) is 11.9 Å². The Balaban J connectivity index is 1.36. The summed E-state index contributed by atoms with van der Waals surface area (Å²) in [6, 6.07) is 19.3. The SMILES string of the molecule is Cc1nn(-c2ccccc2)nc1C(=O)N[C@@H]1COc2cccc(-c3ccncc3)c2C1. The van der Waals surface area contributed by atoms with Crippen molar-refractivity contribution in [2.75, 3.05) is 6.61 Å². The maximum Gasteiger partial charge on any atom is 0.274 e. The number of amides is 1. The van der Waals surface area contributed by atoms with Crippen molar-refractivity contribution < 1.29 is 9.53 Å². The summed E-state index contributed by atoms with van der Waals surface area (Å²) in [6.07, 6.45) is 4.22. The fourth-order valence-electron chi connectivity index (χ4n) is 3.82. The van der Waals surface area contributed by atoms with Crippen molar-refractivity contribution in [3.05, 3.63) is 90.0 Å². The molecule has 4 aromatic rings. The summed E-state index contributed by atoms with van der Waals surface area (Å²) in [7, 11) is 0. The van der Waals surface area contributed by atoms with Crippen LogP contribution in [-0.4, -0.2) is 38.5 Å². The van der Waals surface area contributed by atoms with Crippen molar-refractivity contribution in [2.45, 2.75) is 19.4 Å². The van der Waals surface area contributed by atoms with Gasteiger partial charge in [0.1, 0.15) is 12.4 Å². The smallest absolute Gasteiger partial charge is 0.274 e. The highest BCUT2D eigenvalue weighted by atomic mass is 16.5. The second-order valence-corrected chi connectivity index (χ2v) is 7.46. The normalized spacial score (nSPS) is 15.1. The zero-order valence-corrected chi connectivity index (χ0v) is 17.0. The third-order valence-electron chi connectivity index (χ3n) is 5.33. The van der Waals surface area contributed by atoms with Crippen LogP contribution in [0.1, 0.15) is 21.7 Å². The number of rotatable bonds is 4. The standard InChI is InChI=1S/C24H21N5O2/c1-16-23(28-29(27-16)19-6-3-2-4-7-19)24(30)26-18-14-21-20(17-10-12-25-13-11-17)8-5-9-22(21)31-15-18/h2-13,18H,14-15H2,1H3,(H,26,30)/t18-/m0/s1. The van der Waals surface area contributed by atoms with Crippen LogP contribution in [0.3, 0.4) is 0 Å². The second-order valence-electron chi connectivity index (χ2n) is 7.46. The average molecular weight is 411 g/mol. The van der Waals surface area contributed by atoms with Crippen molar-refractivity contribution in [2.24, 2.45) is 0 Å². The number of benzene rings is 2. The van der Waals surface area contributed by atoms with Gasteiger partial charge in [0.05, 0.1) is 17.4 Å². The van der Waals surface area contributed by atoms with Crippen LogP contribution < -0.4 is 10.1 Å². The van der Waals surface area contributed by atoms with Gasteiger partial charge in [-0.1, -0.05) is 30.3 Å². The van der Waals surface area contributed by atoms with Crippen LogP contribution in [-0.2, 0) is 6.42 Å². The molecule has 1 aliphatic rings. The summed E-state index contributed by atoms with van der Waals surface area (Å²) in [4.78, 5) is 18.5. The molecule has 0 fully saturated rings. The molecule has 0 radical (unpaired) electrons. The zero-order valence-electron chi connectivity index (χ0n) is 17.0. The van der Waals surface area contributed by atoms with Crippen LogP contribution in [0.25, 0.3) is 16.8 Å². The fraction of sp³-hybridized carbons (Fsp3) is 0.167. The number of carbonyl (C=O) groups excluding carboxylic acids is 1. The molecule has 0 saturated heterocycles. The summed E-state index contributed by atoms with van der Waals surface area (Å²) >= 11 is 0. The van der Waals surface area contributed by atoms with Gasteiger partial charge in [0, 0.05) is 24.4 Å². The number of hydrogen-bond acceptors (Lipinski definition) is 5. The molecule has 0 bridgehead atoms. The molecule has 1 N–H and O–H groups in total. The molecule has 0 unspecified atom stereocenters. The molecule has 7 nitrogen and oxygen atoms in total. The molecule has 1 amide bonds. The Bertz CT molecular complexity index is 1220. The van der Waals surface area contributed by atoms with Gasteiger partial charge < -0.3 is 10.1 Å². The Kier molecular flexibility index (Phi) is 4.92. The quantitative estimate of drug-likeness (QED) is 0.557. The number of para-hydroxylation sites is 1. The molecule has 154 valence electrons. The Morgan fingerprint density at radius 1 is 1.03 bits per heavy atom. The van der Waals surface area contributed by atoms with Gasteiger partial charge in [0.15, 0.2) is 5.69 Å². The number of pyridine rings is 1. The van der Waals surface area contributed by atoms with Gasteiger partial charge in [-0.25, -0.2) is 0 Å². The van der Waals surface area contributed by atoms with E-state index in [0.717, 1.165) is 28.1 Å². The largest absolute Gasteiger partial charge is 0.491 e. The van der Waals surface area contributed by atoms with Crippen molar-refractivity contribution >= 4 is 5.91 Å². The third-order valence-corrected chi connectivity index (χ3v) is 5.33. The lowest BCUT2D eigenvalue weighted by Gasteiger charge is -2.27. The summed E-state index contributed by atoms with van der Waals surface area (Å²) < 4.78 is 5.97. The van der Waals surface area contributed by atoms with Crippen molar-refractivity contribution in [1.82, 2.24) is 25.3 Å². The number of fused-ring (bicyclic) bond motifs is 1. The van der Waals surface area contributed by atoms with E-state index in [1.165, 1.54) is 4.80 Å². The minimum atomic E-state index is -0.252. The number of aryl methyl sites for hydroxylation is 1. The molecule has 31 heavy (non-hydrogen) atoms. The highest BCUT2D eigenvalue weighted by molar-refractivity contribution is 5.93. The Hall–Kier alpha value is -4.00. The molecule has 0 spiro atoms. The first kappa shape index (κ1) is 19.0. The Morgan fingerprint density at radius 2 is 1.84 bits per heavy atom. The van der Waals surface area contributed by atoms with Crippen molar-refractivity contribution in [3.8, 4) is 22.6 Å². The molecule has 0 aliphatic carbocycles. The van der Waals surface area contributed by atoms with Crippen LogP contribution in [0.15, 0.2) is 73.1 Å². The average Bonchev–Trinajstić information content (AvgIpc) is 3.21. The lowest BCUT2D eigenvalue weighted by Crippen LogP contribution is -2.43. The van der Waals surface area contributed by atoms with Gasteiger partial charge in [-0.15, -0.1) is 5.10 Å². The van der Waals surface area contributed by atoms with E-state index >= 15 is 0 Å². The Labute approximate surface area is 179 Å². The van der Waals surface area contributed by atoms with E-state index in [4.69, 9.17) is 4.74 Å². The molecule has 1 aliphatic heterocycles. The predicted octanol–water partition coefficient (Wildman–Crippen LogP) is 3.37. The van der Waals surface area contributed by atoms with Gasteiger partial charge >= 0.3 is 0 Å². The minimum absolute atomic E-state index is 0.163. The summed E-state index contributed by atoms with van der Waals surface area (Å²) in [5.74, 6) is 0.601. The topological polar surface area (TPSA) is 81.9 Å². The molecule has 2 aromatic heterocycles. The maximum atomic E-state index is 13.0. The summed E-state index contributed by atoms with van der Waals surface area (Å²) in [5.41, 5.74) is 4.94. The number of ether oxygens (including phenoxy) is 1. The van der Waals surface area contributed by atoms with Crippen LogP contribution >= 0.6 is 0 Å². The lowest BCUT2D eigenvalue weighted by molar-refractivity contribution is 0.0909. The highest BCUT2D eigenvalue weighted by Gasteiger charge is 2.26. The van der Waals surface area contributed by atoms with Crippen molar-refractivity contribution in [3.63, 3.8) is 0 Å². The molecular weight excluding hydrogens is 390 g/mol. The van der Waals surface area contributed by atoms with E-state index in [1.807, 2.05) is 54.6 Å². The van der Waals surface area contributed by atoms with Gasteiger partial charge in [-0.05, 0) is 48.4 Å². The first-order valence-corrected chi connectivity index (χ1v) is 10.1. The fourth-order valence-corrected chi connectivity index (χ4v) is 3.82. The minimum Gasteiger partial charge on any atom is -0.491 e. The molecule has 1 atom stereocenters. The van der Waals surface area contributed by atoms with Gasteiger partial charge in [-0.3, -0.25) is 9.78 Å². The molecule has 2 aromatic carbocycles. The van der Waals surface area contributed by atoms with E-state index in [1.54, 1.807) is 19.3 Å².